The van der Waals surface area contributed by atoms with Crippen LogP contribution in [0.5, 0.6) is 0 Å². The van der Waals surface area contributed by atoms with Crippen molar-refractivity contribution in [2.75, 3.05) is 0 Å². The van der Waals surface area contributed by atoms with E-state index in [1.165, 1.54) is 12.1 Å². The van der Waals surface area contributed by atoms with Gasteiger partial charge >= 0.3 is 5.97 Å². The van der Waals surface area contributed by atoms with Gasteiger partial charge in [0.1, 0.15) is 17.5 Å². The predicted molar refractivity (Wildman–Crippen MR) is 122 cm³/mol. The number of nitrogens with zero attached hydrogens (tertiary/aromatic N) is 1. The maximum atomic E-state index is 13.5. The van der Waals surface area contributed by atoms with Crippen molar-refractivity contribution in [3.05, 3.63) is 60.2 Å². The van der Waals surface area contributed by atoms with E-state index in [-0.39, 0.29) is 29.7 Å². The third kappa shape index (κ3) is 3.37. The maximum absolute atomic E-state index is 13.5. The molecule has 1 unspecified atom stereocenters. The molecule has 1 aromatic heterocycles. The van der Waals surface area contributed by atoms with Gasteiger partial charge in [-0.3, -0.25) is 9.78 Å². The summed E-state index contributed by atoms with van der Waals surface area (Å²) in [6, 6.07) is 10.3. The summed E-state index contributed by atoms with van der Waals surface area (Å²) in [6.45, 7) is 1.90. The van der Waals surface area contributed by atoms with Gasteiger partial charge in [0.2, 0.25) is 0 Å². The number of hydrogen-bond donors (Lipinski definition) is 2. The molecule has 4 N–H and O–H groups in total. The van der Waals surface area contributed by atoms with Crippen LogP contribution in [0.3, 0.4) is 0 Å². The van der Waals surface area contributed by atoms with Crippen molar-refractivity contribution in [3.8, 4) is 11.1 Å². The van der Waals surface area contributed by atoms with E-state index in [0.29, 0.717) is 12.3 Å². The van der Waals surface area contributed by atoms with Crippen LogP contribution in [0.4, 0.5) is 4.39 Å². The van der Waals surface area contributed by atoms with Crippen LogP contribution < -0.4 is 11.5 Å². The summed E-state index contributed by atoms with van der Waals surface area (Å²) in [7, 11) is 0. The van der Waals surface area contributed by atoms with Crippen molar-refractivity contribution in [1.82, 2.24) is 4.98 Å². The molecule has 0 radical (unpaired) electrons. The van der Waals surface area contributed by atoms with Gasteiger partial charge in [-0.2, -0.15) is 0 Å². The van der Waals surface area contributed by atoms with Crippen molar-refractivity contribution in [2.45, 2.75) is 56.2 Å². The van der Waals surface area contributed by atoms with Gasteiger partial charge in [-0.1, -0.05) is 43.5 Å². The first-order valence-corrected chi connectivity index (χ1v) is 11.5. The molecule has 0 spiro atoms. The van der Waals surface area contributed by atoms with Gasteiger partial charge in [0, 0.05) is 23.2 Å². The van der Waals surface area contributed by atoms with Gasteiger partial charge in [0.05, 0.1) is 5.69 Å². The van der Waals surface area contributed by atoms with Crippen LogP contribution in [0.2, 0.25) is 0 Å². The number of ether oxygens (including phenoxy) is 1. The van der Waals surface area contributed by atoms with Crippen molar-refractivity contribution < 1.29 is 13.9 Å². The highest BCUT2D eigenvalue weighted by Gasteiger charge is 2.66. The summed E-state index contributed by atoms with van der Waals surface area (Å²) < 4.78 is 19.2. The molecule has 168 valence electrons. The number of pyridine rings is 1. The first-order chi connectivity index (χ1) is 15.3. The second-order valence-corrected chi connectivity index (χ2v) is 9.80. The Balaban J connectivity index is 1.47. The van der Waals surface area contributed by atoms with Gasteiger partial charge in [-0.25, -0.2) is 4.39 Å². The van der Waals surface area contributed by atoms with Crippen LogP contribution >= 0.6 is 0 Å². The Labute approximate surface area is 188 Å². The summed E-state index contributed by atoms with van der Waals surface area (Å²) >= 11 is 0. The molecular formula is C26H30FN3O2. The van der Waals surface area contributed by atoms with Gasteiger partial charge in [-0.15, -0.1) is 0 Å². The van der Waals surface area contributed by atoms with Gasteiger partial charge in [-0.05, 0) is 61.4 Å². The molecule has 5 nitrogen and oxygen atoms in total. The zero-order valence-electron chi connectivity index (χ0n) is 18.3. The molecule has 1 aliphatic heterocycles. The van der Waals surface area contributed by atoms with E-state index in [2.05, 4.69) is 4.98 Å². The van der Waals surface area contributed by atoms with Crippen LogP contribution in [0.15, 0.2) is 48.7 Å². The first-order valence-electron chi connectivity index (χ1n) is 11.5. The van der Waals surface area contributed by atoms with Gasteiger partial charge in [0.15, 0.2) is 0 Å². The largest absolute Gasteiger partial charge is 0.461 e. The molecule has 2 heterocycles. The van der Waals surface area contributed by atoms with E-state index in [4.69, 9.17) is 16.2 Å². The highest BCUT2D eigenvalue weighted by molar-refractivity contribution is 5.84. The average molecular weight is 436 g/mol. The maximum Gasteiger partial charge on any atom is 0.326 e. The Kier molecular flexibility index (Phi) is 5.18. The van der Waals surface area contributed by atoms with E-state index in [9.17, 15) is 9.18 Å². The predicted octanol–water partition coefficient (Wildman–Crippen LogP) is 4.07. The van der Waals surface area contributed by atoms with Crippen LogP contribution in [0, 0.1) is 23.6 Å². The molecule has 5 rings (SSSR count). The summed E-state index contributed by atoms with van der Waals surface area (Å²) in [6.07, 6.45) is 10.4. The highest BCUT2D eigenvalue weighted by atomic mass is 19.1. The highest BCUT2D eigenvalue weighted by Crippen LogP contribution is 2.55. The lowest BCUT2D eigenvalue weighted by molar-refractivity contribution is -0.145. The summed E-state index contributed by atoms with van der Waals surface area (Å²) in [4.78, 5) is 17.3. The molecule has 2 saturated carbocycles. The third-order valence-corrected chi connectivity index (χ3v) is 7.87. The van der Waals surface area contributed by atoms with Crippen LogP contribution in [0.25, 0.3) is 17.2 Å². The molecule has 6 atom stereocenters. The number of benzene rings is 1. The van der Waals surface area contributed by atoms with E-state index in [1.807, 2.05) is 37.3 Å². The number of aromatic nitrogens is 1. The number of rotatable bonds is 3. The summed E-state index contributed by atoms with van der Waals surface area (Å²) in [5.41, 5.74) is 14.5. The average Bonchev–Trinajstić information content (AvgIpc) is 3.01. The van der Waals surface area contributed by atoms with E-state index >= 15 is 0 Å². The summed E-state index contributed by atoms with van der Waals surface area (Å²) in [5, 5.41) is 0. The van der Waals surface area contributed by atoms with Crippen molar-refractivity contribution in [1.29, 1.82) is 0 Å². The number of esters is 1. The SMILES string of the molecule is C[C@H]1OC(=O)[C@]2(N)C[C@@H]3CCCC[C@H]3[C@](N)(/C=C/c3ccc(-c4cccc(F)c4)cn3)C12. The third-order valence-electron chi connectivity index (χ3n) is 7.87. The zero-order chi connectivity index (χ0) is 22.5. The molecule has 2 aliphatic carbocycles. The minimum absolute atomic E-state index is 0.262. The molecular weight excluding hydrogens is 405 g/mol. The van der Waals surface area contributed by atoms with Gasteiger partial charge < -0.3 is 16.2 Å². The number of halogens is 1. The van der Waals surface area contributed by atoms with E-state index in [0.717, 1.165) is 42.5 Å². The van der Waals surface area contributed by atoms with Crippen molar-refractivity contribution in [3.63, 3.8) is 0 Å². The number of nitrogens with two attached hydrogens (primary N) is 2. The number of carbonyl (C=O) groups is 1. The molecule has 2 aromatic rings. The Morgan fingerprint density at radius 3 is 2.72 bits per heavy atom. The van der Waals surface area contributed by atoms with E-state index in [1.54, 1.807) is 12.3 Å². The lowest BCUT2D eigenvalue weighted by Gasteiger charge is -2.55. The Bertz CT molecular complexity index is 1060. The van der Waals surface area contributed by atoms with Gasteiger partial charge in [0.25, 0.3) is 0 Å². The molecule has 6 heteroatoms. The zero-order valence-corrected chi connectivity index (χ0v) is 18.3. The van der Waals surface area contributed by atoms with E-state index < -0.39 is 11.1 Å². The first kappa shape index (κ1) is 21.3. The fourth-order valence-electron chi connectivity index (χ4n) is 6.53. The quantitative estimate of drug-likeness (QED) is 0.710. The minimum atomic E-state index is -1.04. The van der Waals surface area contributed by atoms with Crippen molar-refractivity contribution in [2.24, 2.45) is 29.2 Å². The fourth-order valence-corrected chi connectivity index (χ4v) is 6.53. The Morgan fingerprint density at radius 1 is 1.16 bits per heavy atom. The lowest BCUT2D eigenvalue weighted by Crippen LogP contribution is -2.71. The minimum Gasteiger partial charge on any atom is -0.461 e. The second-order valence-electron chi connectivity index (χ2n) is 9.80. The smallest absolute Gasteiger partial charge is 0.326 e. The Hall–Kier alpha value is -2.57. The summed E-state index contributed by atoms with van der Waals surface area (Å²) in [5.74, 6) is -0.286. The topological polar surface area (TPSA) is 91.2 Å². The second kappa shape index (κ2) is 7.78. The van der Waals surface area contributed by atoms with Crippen LogP contribution in [-0.4, -0.2) is 28.1 Å². The normalized spacial score (nSPS) is 36.6. The standard InChI is InChI=1S/C26H30FN3O2/c1-16-23-25(28,22-8-3-2-5-18(22)14-26(23,29)24(31)32-16)12-11-21-10-9-19(15-30-21)17-6-4-7-20(27)13-17/h4,6-7,9-13,15-16,18,22-23H,2-3,5,8,14,28-29H2,1H3/b12-11+/t16-,18+,22-,23?,25-,26+/m1/s1. The number of carbonyl (C=O) groups excluding carboxylic acids is 1. The molecule has 3 fully saturated rings. The molecule has 0 amide bonds. The van der Waals surface area contributed by atoms with Crippen LogP contribution in [0.1, 0.15) is 44.7 Å². The molecule has 1 aromatic carbocycles. The Morgan fingerprint density at radius 2 is 1.97 bits per heavy atom. The number of hydrogen-bond acceptors (Lipinski definition) is 5. The monoisotopic (exact) mass is 435 g/mol. The fraction of sp³-hybridized carbons (Fsp3) is 0.462. The molecule has 0 bridgehead atoms. The molecule has 32 heavy (non-hydrogen) atoms. The van der Waals surface area contributed by atoms with Crippen molar-refractivity contribution >= 4 is 12.0 Å². The number of fused-ring (bicyclic) bond motifs is 2. The molecule has 3 aliphatic rings. The van der Waals surface area contributed by atoms with Crippen LogP contribution in [-0.2, 0) is 9.53 Å². The molecule has 1 saturated heterocycles. The lowest BCUT2D eigenvalue weighted by atomic mass is 9.51. The number of cyclic esters (lactones) is 1.